The summed E-state index contributed by atoms with van der Waals surface area (Å²) in [6, 6.07) is 7.73. The van der Waals surface area contributed by atoms with Crippen LogP contribution in [0.25, 0.3) is 11.3 Å². The number of halogens is 2. The summed E-state index contributed by atoms with van der Waals surface area (Å²) >= 11 is 0. The molecule has 0 unspecified atom stereocenters. The van der Waals surface area contributed by atoms with Crippen LogP contribution in [0.1, 0.15) is 5.56 Å². The molecule has 6 heteroatoms. The van der Waals surface area contributed by atoms with Crippen LogP contribution < -0.4 is 9.47 Å². The minimum absolute atomic E-state index is 0.0720. The van der Waals surface area contributed by atoms with Crippen LogP contribution in [0.2, 0.25) is 0 Å². The van der Waals surface area contributed by atoms with Crippen LogP contribution in [0.3, 0.4) is 0 Å². The molecule has 1 N–H and O–H groups in total. The standard InChI is InChI=1S/C14H13F2NO3/c1-19-12-6-10(8-18)13(17-7-12)9-2-4-11(5-3-9)20-14(15)16/h2-7,14,18H,8H2,1H3. The van der Waals surface area contributed by atoms with E-state index >= 15 is 0 Å². The lowest BCUT2D eigenvalue weighted by Gasteiger charge is -2.10. The molecular weight excluding hydrogens is 268 g/mol. The molecule has 1 heterocycles. The Hall–Kier alpha value is -2.21. The highest BCUT2D eigenvalue weighted by Gasteiger charge is 2.09. The number of methoxy groups -OCH3 is 1. The molecule has 0 saturated carbocycles. The van der Waals surface area contributed by atoms with Crippen molar-refractivity contribution in [1.82, 2.24) is 4.98 Å². The smallest absolute Gasteiger partial charge is 0.387 e. The quantitative estimate of drug-likeness (QED) is 0.915. The second-order valence-electron chi connectivity index (χ2n) is 3.94. The third-order valence-electron chi connectivity index (χ3n) is 2.70. The molecule has 0 atom stereocenters. The molecule has 0 radical (unpaired) electrons. The van der Waals surface area contributed by atoms with Gasteiger partial charge >= 0.3 is 6.61 Å². The minimum Gasteiger partial charge on any atom is -0.495 e. The van der Waals surface area contributed by atoms with Gasteiger partial charge in [-0.3, -0.25) is 4.98 Å². The number of hydrogen-bond donors (Lipinski definition) is 1. The highest BCUT2D eigenvalue weighted by molar-refractivity contribution is 5.64. The molecule has 1 aromatic carbocycles. The number of hydrogen-bond acceptors (Lipinski definition) is 4. The van der Waals surface area contributed by atoms with Gasteiger partial charge in [0, 0.05) is 11.1 Å². The molecule has 0 aliphatic heterocycles. The maximum absolute atomic E-state index is 12.1. The van der Waals surface area contributed by atoms with Crippen LogP contribution in [0.4, 0.5) is 8.78 Å². The van der Waals surface area contributed by atoms with Crippen LogP contribution >= 0.6 is 0 Å². The predicted octanol–water partition coefficient (Wildman–Crippen LogP) is 2.85. The van der Waals surface area contributed by atoms with Gasteiger partial charge in [0.25, 0.3) is 0 Å². The molecule has 0 saturated heterocycles. The molecule has 0 amide bonds. The van der Waals surface area contributed by atoms with Gasteiger partial charge in [-0.25, -0.2) is 0 Å². The molecule has 0 bridgehead atoms. The largest absolute Gasteiger partial charge is 0.495 e. The summed E-state index contributed by atoms with van der Waals surface area (Å²) in [5.41, 5.74) is 1.85. The van der Waals surface area contributed by atoms with Crippen LogP contribution in [0.5, 0.6) is 11.5 Å². The van der Waals surface area contributed by atoms with Crippen molar-refractivity contribution in [2.45, 2.75) is 13.2 Å². The minimum atomic E-state index is -2.85. The average Bonchev–Trinajstić information content (AvgIpc) is 2.47. The Labute approximate surface area is 114 Å². The first kappa shape index (κ1) is 14.2. The van der Waals surface area contributed by atoms with E-state index in [4.69, 9.17) is 4.74 Å². The topological polar surface area (TPSA) is 51.6 Å². The number of rotatable bonds is 5. The van der Waals surface area contributed by atoms with E-state index in [2.05, 4.69) is 9.72 Å². The maximum Gasteiger partial charge on any atom is 0.387 e. The zero-order valence-electron chi connectivity index (χ0n) is 10.7. The van der Waals surface area contributed by atoms with E-state index in [1.807, 2.05) is 0 Å². The molecule has 2 aromatic rings. The zero-order valence-corrected chi connectivity index (χ0v) is 10.7. The summed E-state index contributed by atoms with van der Waals surface area (Å²) < 4.78 is 33.4. The Bertz CT molecular complexity index is 573. The van der Waals surface area contributed by atoms with E-state index < -0.39 is 6.61 Å². The van der Waals surface area contributed by atoms with Gasteiger partial charge in [0.2, 0.25) is 0 Å². The van der Waals surface area contributed by atoms with Crippen LogP contribution in [0.15, 0.2) is 36.5 Å². The Kier molecular flexibility index (Phi) is 4.47. The number of alkyl halides is 2. The Morgan fingerprint density at radius 1 is 1.20 bits per heavy atom. The molecule has 0 spiro atoms. The lowest BCUT2D eigenvalue weighted by molar-refractivity contribution is -0.0498. The first-order chi connectivity index (χ1) is 9.63. The van der Waals surface area contributed by atoms with E-state index in [-0.39, 0.29) is 12.4 Å². The molecule has 1 aromatic heterocycles. The molecule has 2 rings (SSSR count). The third-order valence-corrected chi connectivity index (χ3v) is 2.70. The van der Waals surface area contributed by atoms with Crippen molar-refractivity contribution in [2.75, 3.05) is 7.11 Å². The highest BCUT2D eigenvalue weighted by Crippen LogP contribution is 2.27. The van der Waals surface area contributed by atoms with Crippen molar-refractivity contribution < 1.29 is 23.4 Å². The number of aromatic nitrogens is 1. The lowest BCUT2D eigenvalue weighted by atomic mass is 10.1. The Morgan fingerprint density at radius 3 is 2.45 bits per heavy atom. The van der Waals surface area contributed by atoms with E-state index in [0.717, 1.165) is 0 Å². The molecule has 4 nitrogen and oxygen atoms in total. The van der Waals surface area contributed by atoms with Gasteiger partial charge < -0.3 is 14.6 Å². The summed E-state index contributed by atoms with van der Waals surface area (Å²) in [6.45, 7) is -3.05. The van der Waals surface area contributed by atoms with E-state index in [9.17, 15) is 13.9 Å². The first-order valence-corrected chi connectivity index (χ1v) is 5.83. The fraction of sp³-hybridized carbons (Fsp3) is 0.214. The van der Waals surface area contributed by atoms with Crippen LogP contribution in [0, 0.1) is 0 Å². The number of aliphatic hydroxyl groups is 1. The highest BCUT2D eigenvalue weighted by atomic mass is 19.3. The normalized spacial score (nSPS) is 10.7. The van der Waals surface area contributed by atoms with Crippen LogP contribution in [-0.2, 0) is 6.61 Å². The van der Waals surface area contributed by atoms with Gasteiger partial charge in [-0.2, -0.15) is 8.78 Å². The maximum atomic E-state index is 12.1. The summed E-state index contributed by atoms with van der Waals surface area (Å²) in [6.07, 6.45) is 1.53. The van der Waals surface area contributed by atoms with Gasteiger partial charge in [0.1, 0.15) is 11.5 Å². The van der Waals surface area contributed by atoms with E-state index in [0.29, 0.717) is 22.6 Å². The van der Waals surface area contributed by atoms with Crippen molar-refractivity contribution in [3.63, 3.8) is 0 Å². The lowest BCUT2D eigenvalue weighted by Crippen LogP contribution is -2.01. The van der Waals surface area contributed by atoms with Crippen LogP contribution in [-0.4, -0.2) is 23.8 Å². The Morgan fingerprint density at radius 2 is 1.90 bits per heavy atom. The molecule has 0 fully saturated rings. The van der Waals surface area contributed by atoms with Crippen molar-refractivity contribution >= 4 is 0 Å². The second kappa shape index (κ2) is 6.29. The molecular formula is C14H13F2NO3. The molecule has 20 heavy (non-hydrogen) atoms. The van der Waals surface area contributed by atoms with Gasteiger partial charge in [-0.15, -0.1) is 0 Å². The summed E-state index contributed by atoms with van der Waals surface area (Å²) in [5, 5.41) is 9.35. The number of nitrogens with zero attached hydrogens (tertiary/aromatic N) is 1. The second-order valence-corrected chi connectivity index (χ2v) is 3.94. The van der Waals surface area contributed by atoms with Gasteiger partial charge in [0.05, 0.1) is 25.6 Å². The van der Waals surface area contributed by atoms with Gasteiger partial charge in [-0.05, 0) is 30.3 Å². The van der Waals surface area contributed by atoms with Gasteiger partial charge in [0.15, 0.2) is 0 Å². The number of pyridine rings is 1. The van der Waals surface area contributed by atoms with E-state index in [1.165, 1.54) is 25.4 Å². The fourth-order valence-corrected chi connectivity index (χ4v) is 1.77. The fourth-order valence-electron chi connectivity index (χ4n) is 1.77. The monoisotopic (exact) mass is 281 g/mol. The van der Waals surface area contributed by atoms with Crippen molar-refractivity contribution in [1.29, 1.82) is 0 Å². The van der Waals surface area contributed by atoms with Crippen molar-refractivity contribution in [2.24, 2.45) is 0 Å². The third kappa shape index (κ3) is 3.21. The summed E-state index contributed by atoms with van der Waals surface area (Å²) in [7, 11) is 1.51. The predicted molar refractivity (Wildman–Crippen MR) is 68.8 cm³/mol. The number of aliphatic hydroxyl groups excluding tert-OH is 1. The van der Waals surface area contributed by atoms with Gasteiger partial charge in [-0.1, -0.05) is 0 Å². The Balaban J connectivity index is 2.31. The number of ether oxygens (including phenoxy) is 2. The SMILES string of the molecule is COc1cnc(-c2ccc(OC(F)F)cc2)c(CO)c1. The van der Waals surface area contributed by atoms with Crippen molar-refractivity contribution in [3.8, 4) is 22.8 Å². The average molecular weight is 281 g/mol. The summed E-state index contributed by atoms with van der Waals surface area (Å²) in [5.74, 6) is 0.610. The molecule has 106 valence electrons. The first-order valence-electron chi connectivity index (χ1n) is 5.83. The molecule has 0 aliphatic rings. The summed E-state index contributed by atoms with van der Waals surface area (Å²) in [4.78, 5) is 4.21. The van der Waals surface area contributed by atoms with E-state index in [1.54, 1.807) is 18.2 Å². The zero-order chi connectivity index (χ0) is 14.5. The van der Waals surface area contributed by atoms with Crippen molar-refractivity contribution in [3.05, 3.63) is 42.1 Å². The molecule has 0 aliphatic carbocycles. The number of benzene rings is 1.